The van der Waals surface area contributed by atoms with E-state index in [2.05, 4.69) is 60.2 Å². The zero-order valence-corrected chi connectivity index (χ0v) is 45.7. The van der Waals surface area contributed by atoms with Crippen molar-refractivity contribution in [3.8, 4) is 46.0 Å². The number of nitrogens with two attached hydrogens (primary N) is 6. The smallest absolute Gasteiger partial charge is 0.398 e. The highest BCUT2D eigenvalue weighted by Crippen LogP contribution is 2.38. The molecule has 9 heterocycles. The van der Waals surface area contributed by atoms with E-state index >= 15 is 0 Å². The molecule has 0 fully saturated rings. The highest BCUT2D eigenvalue weighted by Gasteiger charge is 2.35. The Morgan fingerprint density at radius 2 is 0.876 bits per heavy atom. The minimum atomic E-state index is -4.56. The predicted molar refractivity (Wildman–Crippen MR) is 308 cm³/mol. The Bertz CT molecular complexity index is 4560. The molecule has 0 aliphatic rings. The minimum Gasteiger partial charge on any atom is -0.398 e. The monoisotopic (exact) mass is 1220 g/mol. The molecule has 0 saturated heterocycles. The number of hydrogen-bond acceptors (Lipinski definition) is 20. The first-order valence-electron chi connectivity index (χ1n) is 25.7. The van der Waals surface area contributed by atoms with E-state index in [1.54, 1.807) is 30.5 Å². The van der Waals surface area contributed by atoms with Crippen molar-refractivity contribution in [2.24, 2.45) is 0 Å². The van der Waals surface area contributed by atoms with Crippen LogP contribution in [0.4, 0.5) is 74.4 Å². The number of rotatable bonds is 9. The number of pyridine rings is 3. The number of nitriles is 2. The number of fused-ring (bicyclic) bond motifs is 3. The third-order valence-corrected chi connectivity index (χ3v) is 13.2. The normalized spacial score (nSPS) is 11.6. The quantitative estimate of drug-likeness (QED) is 0.0578. The number of halogens is 9. The van der Waals surface area contributed by atoms with Gasteiger partial charge in [-0.2, -0.15) is 80.3 Å². The number of nitrogens with zero attached hydrogens (tertiary/aromatic N) is 17. The molecule has 89 heavy (non-hydrogen) atoms. The van der Waals surface area contributed by atoms with Crippen LogP contribution in [0.1, 0.15) is 50.3 Å². The molecule has 0 radical (unpaired) electrons. The molecule has 0 unspecified atom stereocenters. The first kappa shape index (κ1) is 60.0. The molecule has 9 aromatic heterocycles. The number of benzene rings is 3. The minimum absolute atomic E-state index is 0.0131. The molecule has 0 bridgehead atoms. The second-order valence-corrected chi connectivity index (χ2v) is 19.4. The maximum absolute atomic E-state index is 13.1. The molecule has 0 amide bonds. The largest absolute Gasteiger partial charge is 0.418 e. The lowest BCUT2D eigenvalue weighted by Crippen LogP contribution is -2.11. The number of aromatic nitrogens is 15. The van der Waals surface area contributed by atoms with Gasteiger partial charge in [0.15, 0.2) is 16.9 Å². The zero-order valence-electron chi connectivity index (χ0n) is 45.7. The summed E-state index contributed by atoms with van der Waals surface area (Å²) in [5.74, 6) is -0.0661. The molecule has 0 aliphatic heterocycles. The van der Waals surface area contributed by atoms with Gasteiger partial charge in [0.2, 0.25) is 17.8 Å². The van der Waals surface area contributed by atoms with Crippen molar-refractivity contribution in [2.75, 3.05) is 34.4 Å². The maximum Gasteiger partial charge on any atom is 0.418 e. The van der Waals surface area contributed by atoms with E-state index in [1.165, 1.54) is 81.4 Å². The van der Waals surface area contributed by atoms with Crippen LogP contribution in [-0.2, 0) is 38.2 Å². The fourth-order valence-corrected chi connectivity index (χ4v) is 9.20. The van der Waals surface area contributed by atoms with Gasteiger partial charge in [0.05, 0.1) is 93.7 Å². The Morgan fingerprint density at radius 3 is 1.29 bits per heavy atom. The van der Waals surface area contributed by atoms with Gasteiger partial charge < -0.3 is 34.4 Å². The maximum atomic E-state index is 13.1. The number of nitrogen functional groups attached to an aromatic ring is 6. The van der Waals surface area contributed by atoms with Crippen LogP contribution in [-0.4, -0.2) is 74.2 Å². The SMILES string of the molecule is Cc1cccc(-c2nc(N)nc3c2cnn3Cc2ccc(N)c(C(F)(F)F)c2)n1.N#Cc1cc(-c2nc(N)nc3c2cnn3Cc2ccc(N)c(C(F)(F)F)c2)ccn1.N#Cc1cncc(-c2nc(N)nc3c2cnn3Cc2ccc(N)c(C(F)(F)F)c2)c1. The predicted octanol–water partition coefficient (Wildman–Crippen LogP) is 9.41. The van der Waals surface area contributed by atoms with Gasteiger partial charge in [-0.1, -0.05) is 24.3 Å². The van der Waals surface area contributed by atoms with Crippen molar-refractivity contribution in [1.82, 2.24) is 74.2 Å². The van der Waals surface area contributed by atoms with Gasteiger partial charge in [-0.05, 0) is 90.3 Å². The van der Waals surface area contributed by atoms with Crippen molar-refractivity contribution in [3.63, 3.8) is 0 Å². The van der Waals surface area contributed by atoms with Gasteiger partial charge in [0.25, 0.3) is 0 Å². The second-order valence-electron chi connectivity index (χ2n) is 19.4. The summed E-state index contributed by atoms with van der Waals surface area (Å²) in [5.41, 5.74) is 36.8. The van der Waals surface area contributed by atoms with Crippen molar-refractivity contribution in [1.29, 1.82) is 10.5 Å². The summed E-state index contributed by atoms with van der Waals surface area (Å²) in [7, 11) is 0. The van der Waals surface area contributed by atoms with Gasteiger partial charge in [-0.3, -0.25) is 9.97 Å². The summed E-state index contributed by atoms with van der Waals surface area (Å²) < 4.78 is 123. The van der Waals surface area contributed by atoms with Crippen molar-refractivity contribution in [3.05, 3.63) is 179 Å². The van der Waals surface area contributed by atoms with Gasteiger partial charge in [0.1, 0.15) is 23.5 Å². The zero-order chi connectivity index (χ0) is 63.7. The third-order valence-electron chi connectivity index (χ3n) is 13.2. The van der Waals surface area contributed by atoms with E-state index in [1.807, 2.05) is 31.2 Å². The standard InChI is InChI=1S/2C19H13F3N8.C19H16F3N7/c20-19(21,22)14-4-10(1-2-15(14)24)9-30-17-13(8-27-30)16(28-18(25)29-17)12-3-11(5-23)6-26-7-12;20-19(21,22)14-5-10(1-2-15(14)24)9-30-17-13(8-27-30)16(28-18(25)29-17)11-3-4-26-12(6-11)7-23;1-10-3-2-4-15(26-10)16-12-8-25-29(17(12)28-18(24)27-16)9-11-5-6-14(23)13(7-11)19(20,21)22/h1-4,6-8H,9,24H2,(H2,25,28,29);1-6,8H,9,24H2,(H2,25,28,29);2-8H,9,23H2,1H3,(H2,24,27,28). The summed E-state index contributed by atoms with van der Waals surface area (Å²) >= 11 is 0. The molecule has 0 aliphatic carbocycles. The average Bonchev–Trinajstić information content (AvgIpc) is 2.70. The molecule has 32 heteroatoms. The lowest BCUT2D eigenvalue weighted by Gasteiger charge is -2.12. The Morgan fingerprint density at radius 1 is 0.449 bits per heavy atom. The van der Waals surface area contributed by atoms with Gasteiger partial charge in [-0.25, -0.2) is 34.0 Å². The molecule has 0 atom stereocenters. The van der Waals surface area contributed by atoms with Crippen molar-refractivity contribution < 1.29 is 39.5 Å². The first-order chi connectivity index (χ1) is 42.2. The fraction of sp³-hybridized carbons (Fsp3) is 0.123. The Balaban J connectivity index is 0.000000147. The van der Waals surface area contributed by atoms with Crippen molar-refractivity contribution >= 4 is 68.0 Å². The van der Waals surface area contributed by atoms with Gasteiger partial charge in [0, 0.05) is 52.5 Å². The lowest BCUT2D eigenvalue weighted by molar-refractivity contribution is -0.137. The molecule has 0 spiro atoms. The molecule has 12 rings (SSSR count). The Kier molecular flexibility index (Phi) is 16.0. The van der Waals surface area contributed by atoms with Crippen LogP contribution in [0.25, 0.3) is 67.0 Å². The van der Waals surface area contributed by atoms with Crippen LogP contribution in [0.3, 0.4) is 0 Å². The molecule has 3 aromatic carbocycles. The highest BCUT2D eigenvalue weighted by atomic mass is 19.4. The summed E-state index contributed by atoms with van der Waals surface area (Å²) in [6.07, 6.45) is -4.72. The number of aryl methyl sites for hydroxylation is 1. The Labute approximate surface area is 494 Å². The van der Waals surface area contributed by atoms with Crippen LogP contribution >= 0.6 is 0 Å². The average molecular weight is 1220 g/mol. The highest BCUT2D eigenvalue weighted by molar-refractivity contribution is 5.93. The van der Waals surface area contributed by atoms with Crippen molar-refractivity contribution in [2.45, 2.75) is 45.1 Å². The second kappa shape index (κ2) is 23.8. The summed E-state index contributed by atoms with van der Waals surface area (Å²) in [4.78, 5) is 37.7. The molecule has 12 N–H and O–H groups in total. The number of hydrogen-bond donors (Lipinski definition) is 6. The summed E-state index contributed by atoms with van der Waals surface area (Å²) in [5, 5.41) is 32.6. The van der Waals surface area contributed by atoms with E-state index in [4.69, 9.17) is 44.9 Å². The fourth-order valence-electron chi connectivity index (χ4n) is 9.20. The Hall–Kier alpha value is -12.1. The third kappa shape index (κ3) is 13.1. The van der Waals surface area contributed by atoms with Crippen LogP contribution in [0.2, 0.25) is 0 Å². The summed E-state index contributed by atoms with van der Waals surface area (Å²) in [6.45, 7) is 1.94. The molecule has 0 saturated carbocycles. The van der Waals surface area contributed by atoms with E-state index in [-0.39, 0.29) is 60.2 Å². The van der Waals surface area contributed by atoms with E-state index in [9.17, 15) is 39.5 Å². The first-order valence-corrected chi connectivity index (χ1v) is 25.7. The van der Waals surface area contributed by atoms with Gasteiger partial charge >= 0.3 is 18.5 Å². The van der Waals surface area contributed by atoms with Crippen LogP contribution < -0.4 is 34.4 Å². The number of alkyl halides is 9. The van der Waals surface area contributed by atoms with Crippen LogP contribution in [0.15, 0.2) is 128 Å². The van der Waals surface area contributed by atoms with E-state index in [0.29, 0.717) is 89.3 Å². The van der Waals surface area contributed by atoms with Crippen LogP contribution in [0, 0.1) is 29.6 Å². The summed E-state index contributed by atoms with van der Waals surface area (Å²) in [6, 6.07) is 25.4. The van der Waals surface area contributed by atoms with Crippen LogP contribution in [0.5, 0.6) is 0 Å². The number of anilines is 6. The van der Waals surface area contributed by atoms with Gasteiger partial charge in [-0.15, -0.1) is 0 Å². The molecule has 23 nitrogen and oxygen atoms in total. The molecular formula is C57H42F9N23. The topological polar surface area (TPSA) is 373 Å². The molecule has 12 aromatic rings. The van der Waals surface area contributed by atoms with E-state index in [0.717, 1.165) is 23.9 Å². The molecular weight excluding hydrogens is 1180 g/mol. The molecule has 448 valence electrons. The van der Waals surface area contributed by atoms with E-state index < -0.39 is 35.2 Å². The lowest BCUT2D eigenvalue weighted by atomic mass is 10.1.